The van der Waals surface area contributed by atoms with Gasteiger partial charge in [0, 0.05) is 0 Å². The van der Waals surface area contributed by atoms with Gasteiger partial charge >= 0.3 is 9.05 Å². The lowest BCUT2D eigenvalue weighted by molar-refractivity contribution is 0.144. The first-order valence-electron chi connectivity index (χ1n) is 46.5. The van der Waals surface area contributed by atoms with Gasteiger partial charge in [-0.3, -0.25) is 0 Å². The predicted molar refractivity (Wildman–Crippen MR) is 514 cm³/mol. The van der Waals surface area contributed by atoms with Crippen molar-refractivity contribution in [2.24, 2.45) is 0 Å². The van der Waals surface area contributed by atoms with Gasteiger partial charge in [-0.15, -0.1) is 0 Å². The van der Waals surface area contributed by atoms with E-state index in [9.17, 15) is 21.0 Å². The molecule has 8 aromatic rings. The summed E-state index contributed by atoms with van der Waals surface area (Å²) in [7, 11) is -13.2. The molecule has 0 radical (unpaired) electrons. The molecule has 12 nitrogen and oxygen atoms in total. The van der Waals surface area contributed by atoms with Crippen molar-refractivity contribution in [2.75, 3.05) is 26.4 Å². The number of benzene rings is 8. The third-order valence-electron chi connectivity index (χ3n) is 23.2. The molecule has 0 amide bonds. The summed E-state index contributed by atoms with van der Waals surface area (Å²) in [5, 5.41) is 36.8. The summed E-state index contributed by atoms with van der Waals surface area (Å²) < 4.78 is 56.1. The predicted octanol–water partition coefficient (Wildman–Crippen LogP) is 30.8. The van der Waals surface area contributed by atoms with Crippen LogP contribution in [0.5, 0.6) is 23.0 Å². The van der Waals surface area contributed by atoms with Gasteiger partial charge in [0.25, 0.3) is 0 Å². The van der Waals surface area contributed by atoms with Crippen molar-refractivity contribution in [1.29, 1.82) is 21.0 Å². The van der Waals surface area contributed by atoms with Gasteiger partial charge in [-0.2, -0.15) is 21.0 Å². The monoisotopic (exact) mass is 1720 g/mol. The molecule has 0 aliphatic heterocycles. The van der Waals surface area contributed by atoms with Gasteiger partial charge in [0.15, 0.2) is 33.3 Å². The van der Waals surface area contributed by atoms with E-state index in [1.54, 1.807) is 0 Å². The van der Waals surface area contributed by atoms with Crippen molar-refractivity contribution in [2.45, 2.75) is 308 Å². The van der Waals surface area contributed by atoms with Crippen LogP contribution in [0.1, 0.15) is 253 Å². The van der Waals surface area contributed by atoms with E-state index >= 15 is 0 Å². The van der Waals surface area contributed by atoms with Crippen LogP contribution in [0.15, 0.2) is 194 Å². The molecule has 0 fully saturated rings. The van der Waals surface area contributed by atoms with Crippen LogP contribution in [0.3, 0.4) is 0 Å². The molecule has 0 aromatic heterocycles. The summed E-state index contributed by atoms with van der Waals surface area (Å²) in [6.07, 6.45) is 43.7. The van der Waals surface area contributed by atoms with Crippen LogP contribution in [-0.2, 0) is 16.5 Å². The Labute approximate surface area is 736 Å². The maximum atomic E-state index is 9.19. The van der Waals surface area contributed by atoms with Crippen LogP contribution in [0, 0.1) is 45.3 Å². The Morgan fingerprint density at radius 1 is 0.182 bits per heavy atom. The van der Waals surface area contributed by atoms with Crippen molar-refractivity contribution < 1.29 is 35.4 Å². The summed E-state index contributed by atoms with van der Waals surface area (Å²) in [4.78, 5) is 0. The second-order valence-electron chi connectivity index (χ2n) is 35.9. The standard InChI is InChI=1S/C104H144N4O8Si5/c1-117(2,81-41-33-25-17-9-13-21-29-37-77-109-101-69-61-97(62-70-101)93-53-45-89(85-105)46-54-93)113-121(114-118(3,4)82-42-34-26-18-10-14-22-30-38-78-110-102-71-63-98(64-72-102)94-55-47-90(86-106)48-56-94,115-119(5,6)83-43-35-27-19-11-15-23-31-39-79-111-103-73-65-99(66-74-103)95-57-49-91(87-107)50-58-95)116-120(7,8)84-44-36-28-20-12-16-24-32-40-80-112-104-75-67-100(68-76-104)96-59-51-92(88-108)52-60-96/h45-76H,9-44,77-84H2,1-8H3. The van der Waals surface area contributed by atoms with Crippen LogP contribution >= 0.6 is 0 Å². The topological polar surface area (TPSA) is 169 Å². The van der Waals surface area contributed by atoms with E-state index in [0.717, 1.165) is 169 Å². The van der Waals surface area contributed by atoms with Crippen LogP contribution in [0.25, 0.3) is 44.5 Å². The number of hydrogen-bond acceptors (Lipinski definition) is 12. The van der Waals surface area contributed by atoms with E-state index in [-0.39, 0.29) is 0 Å². The van der Waals surface area contributed by atoms with Gasteiger partial charge in [-0.25, -0.2) is 0 Å². The second-order valence-corrected chi connectivity index (χ2v) is 56.3. The normalized spacial score (nSPS) is 11.9. The highest BCUT2D eigenvalue weighted by molar-refractivity contribution is 6.92. The van der Waals surface area contributed by atoms with E-state index in [2.05, 4.69) is 174 Å². The third kappa shape index (κ3) is 39.9. The fourth-order valence-electron chi connectivity index (χ4n) is 15.9. The van der Waals surface area contributed by atoms with E-state index < -0.39 is 42.3 Å². The van der Waals surface area contributed by atoms with Crippen LogP contribution in [0.2, 0.25) is 76.6 Å². The molecule has 0 aliphatic rings. The Balaban J connectivity index is 0.801. The molecule has 0 bridgehead atoms. The molecule has 648 valence electrons. The van der Waals surface area contributed by atoms with Gasteiger partial charge < -0.3 is 35.4 Å². The molecule has 0 saturated heterocycles. The quantitative estimate of drug-likeness (QED) is 0.0262. The fraction of sp³-hybridized carbons (Fsp3) is 0.500. The molecule has 8 aromatic carbocycles. The average molecular weight is 1720 g/mol. The van der Waals surface area contributed by atoms with Gasteiger partial charge in [0.2, 0.25) is 0 Å². The van der Waals surface area contributed by atoms with Gasteiger partial charge in [-0.05, 0) is 244 Å². The minimum absolute atomic E-state index is 0.672. The highest BCUT2D eigenvalue weighted by Crippen LogP contribution is 2.38. The average Bonchev–Trinajstić information content (AvgIpc) is 0.772. The minimum Gasteiger partial charge on any atom is -0.494 e. The van der Waals surface area contributed by atoms with Crippen molar-refractivity contribution in [3.05, 3.63) is 216 Å². The number of ether oxygens (including phenoxy) is 4. The second kappa shape index (κ2) is 55.2. The van der Waals surface area contributed by atoms with Gasteiger partial charge in [0.05, 0.1) is 73.0 Å². The lowest BCUT2D eigenvalue weighted by Crippen LogP contribution is -2.66. The number of nitrogens with zero attached hydrogens (tertiary/aromatic N) is 4. The number of rotatable bonds is 64. The van der Waals surface area contributed by atoms with Gasteiger partial charge in [0.1, 0.15) is 23.0 Å². The molecule has 0 atom stereocenters. The van der Waals surface area contributed by atoms with E-state index in [0.29, 0.717) is 22.3 Å². The van der Waals surface area contributed by atoms with Crippen molar-refractivity contribution in [1.82, 2.24) is 0 Å². The zero-order valence-corrected chi connectivity index (χ0v) is 80.1. The lowest BCUT2D eigenvalue weighted by Gasteiger charge is -2.46. The molecular formula is C104H144N4O8Si5. The molecular weight excluding hydrogens is 1570 g/mol. The summed E-state index contributed by atoms with van der Waals surface area (Å²) in [6.45, 7) is 22.5. The molecule has 0 saturated carbocycles. The van der Waals surface area contributed by atoms with Crippen LogP contribution in [-0.4, -0.2) is 68.7 Å². The molecule has 121 heavy (non-hydrogen) atoms. The van der Waals surface area contributed by atoms with E-state index in [1.807, 2.05) is 97.1 Å². The maximum Gasteiger partial charge on any atom is 0.636 e. The molecule has 8 rings (SSSR count). The molecule has 0 N–H and O–H groups in total. The van der Waals surface area contributed by atoms with Crippen molar-refractivity contribution in [3.8, 4) is 91.8 Å². The van der Waals surface area contributed by atoms with Crippen molar-refractivity contribution >= 4 is 42.3 Å². The Morgan fingerprint density at radius 3 is 0.463 bits per heavy atom. The Hall–Kier alpha value is -8.16. The largest absolute Gasteiger partial charge is 0.636 e. The smallest absolute Gasteiger partial charge is 0.494 e. The lowest BCUT2D eigenvalue weighted by atomic mass is 10.0. The molecule has 0 spiro atoms. The first-order valence-corrected chi connectivity index (χ1v) is 60.6. The molecule has 17 heteroatoms. The highest BCUT2D eigenvalue weighted by atomic mass is 28.5. The Bertz CT molecular complexity index is 3760. The Morgan fingerprint density at radius 2 is 0.314 bits per heavy atom. The first-order chi connectivity index (χ1) is 58.7. The SMILES string of the molecule is C[Si](C)(CCCCCCCCCCCOc1ccc(-c2ccc(C#N)cc2)cc1)O[Si](O[Si](C)(C)CCCCCCCCCCCOc1ccc(-c2ccc(C#N)cc2)cc1)(O[Si](C)(C)CCCCCCCCCCCOc1ccc(-c2ccc(C#N)cc2)cc1)O[Si](C)(C)CCCCCCCCCCCOc1ccc(-c2ccc(C#N)cc2)cc1. The summed E-state index contributed by atoms with van der Waals surface area (Å²) in [6, 6.07) is 77.2. The molecule has 0 heterocycles. The maximum absolute atomic E-state index is 9.19. The van der Waals surface area contributed by atoms with E-state index in [4.69, 9.17) is 35.4 Å². The van der Waals surface area contributed by atoms with Crippen LogP contribution in [0.4, 0.5) is 0 Å². The van der Waals surface area contributed by atoms with E-state index in [1.165, 1.54) is 180 Å². The molecule has 0 aliphatic carbocycles. The van der Waals surface area contributed by atoms with Crippen LogP contribution < -0.4 is 18.9 Å². The van der Waals surface area contributed by atoms with Gasteiger partial charge in [-0.1, -0.05) is 303 Å². The number of nitriles is 4. The highest BCUT2D eigenvalue weighted by Gasteiger charge is 2.58. The Kier molecular flexibility index (Phi) is 44.8. The first kappa shape index (κ1) is 98.3. The summed E-state index contributed by atoms with van der Waals surface area (Å²) >= 11 is 0. The third-order valence-corrected chi connectivity index (χ3v) is 42.3. The summed E-state index contributed by atoms with van der Waals surface area (Å²) in [5.41, 5.74) is 11.6. The zero-order chi connectivity index (χ0) is 86.0. The summed E-state index contributed by atoms with van der Waals surface area (Å²) in [5.74, 6) is 3.62. The van der Waals surface area contributed by atoms with Crippen molar-refractivity contribution in [3.63, 3.8) is 0 Å². The number of unbranched alkanes of at least 4 members (excludes halogenated alkanes) is 32. The zero-order valence-electron chi connectivity index (χ0n) is 75.1. The molecule has 0 unspecified atom stereocenters. The minimum atomic E-state index is -3.71. The fourth-order valence-corrected chi connectivity index (χ4v) is 36.0. The number of hydrogen-bond donors (Lipinski definition) is 0.